The molecule has 10 heteroatoms. The molecule has 38 heavy (non-hydrogen) atoms. The largest absolute Gasteiger partial charge is 0.416 e. The molecule has 7 nitrogen and oxygen atoms in total. The Morgan fingerprint density at radius 1 is 0.737 bits per heavy atom. The maximum Gasteiger partial charge on any atom is 0.416 e. The normalized spacial score (nSPS) is 11.7. The third-order valence-corrected chi connectivity index (χ3v) is 6.04. The van der Waals surface area contributed by atoms with Gasteiger partial charge in [0.15, 0.2) is 17.0 Å². The Bertz CT molecular complexity index is 1720. The number of aromatic nitrogens is 5. The SMILES string of the molecule is FC(F)(F)c1ccc(Cn2cnc3c(Nc4ccccc4)nc(Nc4nccc5ccccc45)nc32)cc1. The van der Waals surface area contributed by atoms with Gasteiger partial charge in [0, 0.05) is 17.3 Å². The highest BCUT2D eigenvalue weighted by molar-refractivity contribution is 5.93. The van der Waals surface area contributed by atoms with Gasteiger partial charge in [-0.3, -0.25) is 0 Å². The van der Waals surface area contributed by atoms with Crippen LogP contribution in [-0.2, 0) is 12.7 Å². The molecule has 3 aromatic heterocycles. The zero-order valence-corrected chi connectivity index (χ0v) is 19.8. The smallest absolute Gasteiger partial charge is 0.338 e. The second-order valence-corrected chi connectivity index (χ2v) is 8.63. The zero-order chi connectivity index (χ0) is 26.1. The first-order valence-electron chi connectivity index (χ1n) is 11.8. The summed E-state index contributed by atoms with van der Waals surface area (Å²) in [5.74, 6) is 1.38. The highest BCUT2D eigenvalue weighted by atomic mass is 19.4. The van der Waals surface area contributed by atoms with Crippen LogP contribution < -0.4 is 10.6 Å². The van der Waals surface area contributed by atoms with E-state index in [-0.39, 0.29) is 6.54 Å². The van der Waals surface area contributed by atoms with Gasteiger partial charge in [0.25, 0.3) is 0 Å². The summed E-state index contributed by atoms with van der Waals surface area (Å²) in [6.45, 7) is 0.280. The van der Waals surface area contributed by atoms with Crippen molar-refractivity contribution in [3.8, 4) is 0 Å². The molecule has 0 fully saturated rings. The van der Waals surface area contributed by atoms with Crippen LogP contribution in [0.3, 0.4) is 0 Å². The minimum absolute atomic E-state index is 0.280. The van der Waals surface area contributed by atoms with Crippen molar-refractivity contribution in [3.05, 3.63) is 109 Å². The Morgan fingerprint density at radius 3 is 2.29 bits per heavy atom. The lowest BCUT2D eigenvalue weighted by Crippen LogP contribution is -2.07. The molecule has 0 unspecified atom stereocenters. The Kier molecular flexibility index (Phi) is 5.83. The molecule has 188 valence electrons. The number of para-hydroxylation sites is 1. The topological polar surface area (TPSA) is 80.5 Å². The lowest BCUT2D eigenvalue weighted by atomic mass is 10.1. The maximum absolute atomic E-state index is 13.0. The monoisotopic (exact) mass is 511 g/mol. The highest BCUT2D eigenvalue weighted by Gasteiger charge is 2.30. The van der Waals surface area contributed by atoms with Gasteiger partial charge < -0.3 is 15.2 Å². The standard InChI is InChI=1S/C28H20F3N7/c29-28(30,31)20-12-10-18(11-13-20)16-38-17-33-23-25(34-21-7-2-1-3-8-21)36-27(37-26(23)38)35-24-22-9-5-4-6-19(22)14-15-32-24/h1-15,17H,16H2,(H2,32,34,35,36,37). The lowest BCUT2D eigenvalue weighted by Gasteiger charge is -2.12. The number of hydrogen-bond donors (Lipinski definition) is 2. The number of halogens is 3. The minimum Gasteiger partial charge on any atom is -0.338 e. The van der Waals surface area contributed by atoms with Crippen molar-refractivity contribution in [2.75, 3.05) is 10.6 Å². The highest BCUT2D eigenvalue weighted by Crippen LogP contribution is 2.30. The third kappa shape index (κ3) is 4.71. The van der Waals surface area contributed by atoms with E-state index in [1.165, 1.54) is 12.1 Å². The predicted octanol–water partition coefficient (Wildman–Crippen LogP) is 6.93. The summed E-state index contributed by atoms with van der Waals surface area (Å²) in [6.07, 6.45) is -1.07. The molecule has 6 rings (SSSR count). The predicted molar refractivity (Wildman–Crippen MR) is 141 cm³/mol. The van der Waals surface area contributed by atoms with Crippen LogP contribution in [0.2, 0.25) is 0 Å². The molecule has 0 saturated carbocycles. The van der Waals surface area contributed by atoms with Crippen LogP contribution >= 0.6 is 0 Å². The summed E-state index contributed by atoms with van der Waals surface area (Å²) in [4.78, 5) is 18.4. The minimum atomic E-state index is -4.39. The molecule has 0 spiro atoms. The number of hydrogen-bond acceptors (Lipinski definition) is 6. The van der Waals surface area contributed by atoms with Gasteiger partial charge in [-0.2, -0.15) is 23.1 Å². The molecule has 3 heterocycles. The van der Waals surface area contributed by atoms with Gasteiger partial charge in [-0.15, -0.1) is 0 Å². The van der Waals surface area contributed by atoms with Gasteiger partial charge in [-0.05, 0) is 41.3 Å². The molecule has 0 amide bonds. The van der Waals surface area contributed by atoms with Crippen LogP contribution in [0.4, 0.5) is 36.4 Å². The first kappa shape index (κ1) is 23.4. The summed E-state index contributed by atoms with van der Waals surface area (Å²) >= 11 is 0. The molecule has 3 aromatic carbocycles. The van der Waals surface area contributed by atoms with Crippen molar-refractivity contribution in [2.45, 2.75) is 12.7 Å². The van der Waals surface area contributed by atoms with Gasteiger partial charge in [-0.25, -0.2) is 9.97 Å². The van der Waals surface area contributed by atoms with Crippen molar-refractivity contribution < 1.29 is 13.2 Å². The Hall–Kier alpha value is -4.99. The zero-order valence-electron chi connectivity index (χ0n) is 19.8. The van der Waals surface area contributed by atoms with E-state index in [2.05, 4.69) is 25.6 Å². The number of imidazole rings is 1. The van der Waals surface area contributed by atoms with Crippen molar-refractivity contribution in [2.24, 2.45) is 0 Å². The molecule has 0 aliphatic heterocycles. The summed E-state index contributed by atoms with van der Waals surface area (Å²) in [7, 11) is 0. The van der Waals surface area contributed by atoms with Crippen LogP contribution in [0, 0.1) is 0 Å². The van der Waals surface area contributed by atoms with Crippen LogP contribution in [0.5, 0.6) is 0 Å². The molecule has 0 aliphatic rings. The van der Waals surface area contributed by atoms with Crippen molar-refractivity contribution in [1.29, 1.82) is 0 Å². The van der Waals surface area contributed by atoms with Crippen molar-refractivity contribution in [1.82, 2.24) is 24.5 Å². The van der Waals surface area contributed by atoms with Crippen LogP contribution in [-0.4, -0.2) is 24.5 Å². The molecule has 0 radical (unpaired) electrons. The third-order valence-electron chi connectivity index (χ3n) is 6.04. The number of fused-ring (bicyclic) bond motifs is 2. The fourth-order valence-corrected chi connectivity index (χ4v) is 4.18. The molecule has 0 atom stereocenters. The molecule has 6 aromatic rings. The Labute approximate surface area is 215 Å². The summed E-state index contributed by atoms with van der Waals surface area (Å²) in [5.41, 5.74) is 1.85. The fraction of sp³-hybridized carbons (Fsp3) is 0.0714. The number of pyridine rings is 1. The van der Waals surface area contributed by atoms with E-state index < -0.39 is 11.7 Å². The number of alkyl halides is 3. The average Bonchev–Trinajstić information content (AvgIpc) is 3.32. The molecular weight excluding hydrogens is 491 g/mol. The van der Waals surface area contributed by atoms with Crippen LogP contribution in [0.1, 0.15) is 11.1 Å². The molecule has 0 bridgehead atoms. The number of nitrogens with one attached hydrogen (secondary N) is 2. The molecule has 0 saturated heterocycles. The number of rotatable bonds is 6. The molecular formula is C28H20F3N7. The first-order chi connectivity index (χ1) is 18.4. The van der Waals surface area contributed by atoms with Gasteiger partial charge in [-0.1, -0.05) is 54.6 Å². The van der Waals surface area contributed by atoms with E-state index in [9.17, 15) is 13.2 Å². The van der Waals surface area contributed by atoms with Gasteiger partial charge in [0.1, 0.15) is 5.82 Å². The quantitative estimate of drug-likeness (QED) is 0.252. The second kappa shape index (κ2) is 9.47. The van der Waals surface area contributed by atoms with Gasteiger partial charge in [0.2, 0.25) is 5.95 Å². The number of benzene rings is 3. The maximum atomic E-state index is 13.0. The van der Waals surface area contributed by atoms with Crippen LogP contribution in [0.15, 0.2) is 97.5 Å². The lowest BCUT2D eigenvalue weighted by molar-refractivity contribution is -0.137. The van der Waals surface area contributed by atoms with Gasteiger partial charge >= 0.3 is 6.18 Å². The Morgan fingerprint density at radius 2 is 1.50 bits per heavy atom. The van der Waals surface area contributed by atoms with Crippen molar-refractivity contribution in [3.63, 3.8) is 0 Å². The molecule has 2 N–H and O–H groups in total. The van der Waals surface area contributed by atoms with E-state index >= 15 is 0 Å². The summed E-state index contributed by atoms with van der Waals surface area (Å²) < 4.78 is 40.8. The van der Waals surface area contributed by atoms with Crippen molar-refractivity contribution >= 4 is 45.2 Å². The first-order valence-corrected chi connectivity index (χ1v) is 11.8. The fourth-order valence-electron chi connectivity index (χ4n) is 4.18. The van der Waals surface area contributed by atoms with Gasteiger partial charge in [0.05, 0.1) is 18.4 Å². The van der Waals surface area contributed by atoms with E-state index in [0.29, 0.717) is 34.3 Å². The van der Waals surface area contributed by atoms with E-state index in [1.807, 2.05) is 60.7 Å². The second-order valence-electron chi connectivity index (χ2n) is 8.63. The Balaban J connectivity index is 1.41. The average molecular weight is 512 g/mol. The summed E-state index contributed by atoms with van der Waals surface area (Å²) in [6, 6.07) is 24.4. The number of nitrogens with zero attached hydrogens (tertiary/aromatic N) is 5. The van der Waals surface area contributed by atoms with E-state index in [1.54, 1.807) is 17.1 Å². The van der Waals surface area contributed by atoms with E-state index in [0.717, 1.165) is 28.6 Å². The van der Waals surface area contributed by atoms with Crippen LogP contribution in [0.25, 0.3) is 21.9 Å². The number of anilines is 4. The van der Waals surface area contributed by atoms with E-state index in [4.69, 9.17) is 4.98 Å². The molecule has 0 aliphatic carbocycles. The summed E-state index contributed by atoms with van der Waals surface area (Å²) in [5, 5.41) is 8.46.